The van der Waals surface area contributed by atoms with E-state index in [0.717, 1.165) is 38.4 Å². The number of ketones is 1. The zero-order valence-corrected chi connectivity index (χ0v) is 13.9. The summed E-state index contributed by atoms with van der Waals surface area (Å²) in [5, 5.41) is 0. The van der Waals surface area contributed by atoms with Crippen LogP contribution in [0.15, 0.2) is 23.3 Å². The number of carbonyl (C=O) groups is 2. The molecule has 2 aliphatic rings. The average Bonchev–Trinajstić information content (AvgIpc) is 2.40. The van der Waals surface area contributed by atoms with E-state index in [1.54, 1.807) is 0 Å². The third-order valence-electron chi connectivity index (χ3n) is 5.80. The molecule has 2 rings (SSSR count). The topological polar surface area (TPSA) is 34.1 Å². The van der Waals surface area contributed by atoms with Crippen LogP contribution in [0.2, 0.25) is 0 Å². The van der Waals surface area contributed by atoms with Crippen LogP contribution in [0.1, 0.15) is 66.2 Å². The van der Waals surface area contributed by atoms with Crippen LogP contribution in [0, 0.1) is 16.7 Å². The Bertz CT molecular complexity index is 496. The zero-order chi connectivity index (χ0) is 15.7. The van der Waals surface area contributed by atoms with Crippen molar-refractivity contribution in [3.8, 4) is 0 Å². The molecule has 0 bridgehead atoms. The summed E-state index contributed by atoms with van der Waals surface area (Å²) in [6.45, 7) is 8.71. The number of fused-ring (bicyclic) bond motifs is 1. The van der Waals surface area contributed by atoms with Gasteiger partial charge in [0.05, 0.1) is 5.57 Å². The maximum absolute atomic E-state index is 12.7. The molecule has 0 aromatic heterocycles. The largest absolute Gasteiger partial charge is 0.298 e. The number of hydrogen-bond donors (Lipinski definition) is 0. The minimum Gasteiger partial charge on any atom is -0.298 e. The molecule has 0 N–H and O–H groups in total. The summed E-state index contributed by atoms with van der Waals surface area (Å²) in [6, 6.07) is 0. The Labute approximate surface area is 128 Å². The van der Waals surface area contributed by atoms with Gasteiger partial charge in [-0.15, -0.1) is 0 Å². The van der Waals surface area contributed by atoms with Crippen molar-refractivity contribution in [2.24, 2.45) is 16.7 Å². The van der Waals surface area contributed by atoms with Gasteiger partial charge < -0.3 is 0 Å². The van der Waals surface area contributed by atoms with Gasteiger partial charge in [0.15, 0.2) is 12.1 Å². The molecule has 2 nitrogen and oxygen atoms in total. The van der Waals surface area contributed by atoms with Crippen molar-refractivity contribution in [1.29, 1.82) is 0 Å². The molecule has 1 fully saturated rings. The van der Waals surface area contributed by atoms with Crippen LogP contribution in [-0.2, 0) is 9.59 Å². The van der Waals surface area contributed by atoms with Gasteiger partial charge in [0.1, 0.15) is 0 Å². The van der Waals surface area contributed by atoms with Gasteiger partial charge in [0.25, 0.3) is 0 Å². The highest BCUT2D eigenvalue weighted by Gasteiger charge is 2.53. The van der Waals surface area contributed by atoms with E-state index in [9.17, 15) is 9.59 Å². The van der Waals surface area contributed by atoms with Gasteiger partial charge in [0.2, 0.25) is 0 Å². The highest BCUT2D eigenvalue weighted by Crippen LogP contribution is 2.57. The minimum atomic E-state index is -0.330. The van der Waals surface area contributed by atoms with Crippen LogP contribution in [0.3, 0.4) is 0 Å². The van der Waals surface area contributed by atoms with Gasteiger partial charge in [-0.25, -0.2) is 0 Å². The summed E-state index contributed by atoms with van der Waals surface area (Å²) in [5.74, 6) is 0.461. The Morgan fingerprint density at radius 1 is 1.33 bits per heavy atom. The van der Waals surface area contributed by atoms with Gasteiger partial charge in [-0.05, 0) is 57.3 Å². The number of carbonyl (C=O) groups excluding carboxylic acids is 2. The Hall–Kier alpha value is -1.18. The molecule has 21 heavy (non-hydrogen) atoms. The summed E-state index contributed by atoms with van der Waals surface area (Å²) < 4.78 is 0. The molecular formula is C19H28O2. The van der Waals surface area contributed by atoms with Crippen LogP contribution >= 0.6 is 0 Å². The van der Waals surface area contributed by atoms with E-state index < -0.39 is 0 Å². The molecule has 2 aliphatic carbocycles. The molecule has 0 spiro atoms. The van der Waals surface area contributed by atoms with Gasteiger partial charge >= 0.3 is 0 Å². The Morgan fingerprint density at radius 2 is 2.05 bits per heavy atom. The van der Waals surface area contributed by atoms with Crippen LogP contribution in [-0.4, -0.2) is 12.1 Å². The van der Waals surface area contributed by atoms with Gasteiger partial charge in [-0.2, -0.15) is 0 Å². The molecule has 0 aromatic carbocycles. The molecule has 0 aliphatic heterocycles. The van der Waals surface area contributed by atoms with Crippen LogP contribution < -0.4 is 0 Å². The third kappa shape index (κ3) is 2.90. The second kappa shape index (κ2) is 5.90. The van der Waals surface area contributed by atoms with Gasteiger partial charge in [0, 0.05) is 5.41 Å². The molecular weight excluding hydrogens is 260 g/mol. The first-order valence-corrected chi connectivity index (χ1v) is 8.17. The fourth-order valence-electron chi connectivity index (χ4n) is 4.55. The molecule has 0 amide bonds. The second-order valence-corrected chi connectivity index (χ2v) is 7.64. The predicted octanol–water partition coefficient (Wildman–Crippen LogP) is 4.64. The zero-order valence-electron chi connectivity index (χ0n) is 13.9. The van der Waals surface area contributed by atoms with E-state index >= 15 is 0 Å². The molecule has 0 radical (unpaired) electrons. The number of hydrogen-bond acceptors (Lipinski definition) is 2. The molecule has 0 heterocycles. The van der Waals surface area contributed by atoms with Gasteiger partial charge in [-0.1, -0.05) is 38.0 Å². The van der Waals surface area contributed by atoms with Gasteiger partial charge in [-0.3, -0.25) is 9.59 Å². The molecule has 1 saturated carbocycles. The molecule has 2 heteroatoms. The standard InChI is InChI=1S/C19H28O2/c1-14(2)7-5-10-18(3)11-6-12-19(4)16(18)9-8-15(13-20)17(19)21/h7-8,13,16H,5-6,9-12H2,1-4H3/t16-,18+,19-/m0/s1. The van der Waals surface area contributed by atoms with E-state index in [4.69, 9.17) is 0 Å². The first-order valence-electron chi connectivity index (χ1n) is 8.17. The normalized spacial score (nSPS) is 35.7. The third-order valence-corrected chi connectivity index (χ3v) is 5.80. The molecule has 3 atom stereocenters. The van der Waals surface area contributed by atoms with Crippen molar-refractivity contribution in [3.05, 3.63) is 23.3 Å². The lowest BCUT2D eigenvalue weighted by atomic mass is 9.50. The fraction of sp³-hybridized carbons (Fsp3) is 0.684. The van der Waals surface area contributed by atoms with Crippen molar-refractivity contribution >= 4 is 12.1 Å². The Kier molecular flexibility index (Phi) is 4.55. The molecule has 116 valence electrons. The van der Waals surface area contributed by atoms with E-state index in [0.29, 0.717) is 11.5 Å². The smallest absolute Gasteiger partial charge is 0.171 e. The van der Waals surface area contributed by atoms with Crippen LogP contribution in [0.25, 0.3) is 0 Å². The number of Topliss-reactive ketones (excluding diaryl/α,β-unsaturated/α-hetero) is 1. The lowest BCUT2D eigenvalue weighted by Gasteiger charge is -2.53. The maximum Gasteiger partial charge on any atom is 0.171 e. The molecule has 0 aromatic rings. The van der Waals surface area contributed by atoms with Crippen molar-refractivity contribution in [2.75, 3.05) is 0 Å². The van der Waals surface area contributed by atoms with E-state index in [2.05, 4.69) is 33.8 Å². The first-order chi connectivity index (χ1) is 9.83. The van der Waals surface area contributed by atoms with Crippen LogP contribution in [0.4, 0.5) is 0 Å². The van der Waals surface area contributed by atoms with Crippen LogP contribution in [0.5, 0.6) is 0 Å². The van der Waals surface area contributed by atoms with Crippen molar-refractivity contribution < 1.29 is 9.59 Å². The average molecular weight is 288 g/mol. The second-order valence-electron chi connectivity index (χ2n) is 7.64. The van der Waals surface area contributed by atoms with E-state index in [1.807, 2.05) is 6.08 Å². The minimum absolute atomic E-state index is 0.0851. The number of aldehydes is 1. The summed E-state index contributed by atoms with van der Waals surface area (Å²) in [5.41, 5.74) is 1.64. The number of allylic oxidation sites excluding steroid dienone is 4. The number of rotatable bonds is 4. The van der Waals surface area contributed by atoms with Crippen molar-refractivity contribution in [3.63, 3.8) is 0 Å². The lowest BCUT2D eigenvalue weighted by molar-refractivity contribution is -0.137. The highest BCUT2D eigenvalue weighted by atomic mass is 16.1. The maximum atomic E-state index is 12.7. The van der Waals surface area contributed by atoms with E-state index in [1.165, 1.54) is 12.0 Å². The van der Waals surface area contributed by atoms with E-state index in [-0.39, 0.29) is 16.6 Å². The Morgan fingerprint density at radius 3 is 2.67 bits per heavy atom. The summed E-state index contributed by atoms with van der Waals surface area (Å²) >= 11 is 0. The Balaban J connectivity index is 2.26. The predicted molar refractivity (Wildman–Crippen MR) is 86.0 cm³/mol. The van der Waals surface area contributed by atoms with Crippen molar-refractivity contribution in [2.45, 2.75) is 66.2 Å². The quantitative estimate of drug-likeness (QED) is 0.429. The summed E-state index contributed by atoms with van der Waals surface area (Å²) in [6.07, 6.45) is 11.2. The summed E-state index contributed by atoms with van der Waals surface area (Å²) in [7, 11) is 0. The molecule has 0 saturated heterocycles. The first kappa shape index (κ1) is 16.2. The SMILES string of the molecule is CC(C)=CCC[C@]1(C)CCC[C@]2(C)C(=O)C(C=O)=CC[C@@H]12. The summed E-state index contributed by atoms with van der Waals surface area (Å²) in [4.78, 5) is 23.8. The van der Waals surface area contributed by atoms with Crippen molar-refractivity contribution in [1.82, 2.24) is 0 Å². The fourth-order valence-corrected chi connectivity index (χ4v) is 4.55. The lowest BCUT2D eigenvalue weighted by Crippen LogP contribution is -2.50. The highest BCUT2D eigenvalue weighted by molar-refractivity contribution is 6.15. The monoisotopic (exact) mass is 288 g/mol. The molecule has 0 unspecified atom stereocenters.